The van der Waals surface area contributed by atoms with Crippen molar-refractivity contribution in [1.29, 1.82) is 0 Å². The van der Waals surface area contributed by atoms with Gasteiger partial charge in [-0.1, -0.05) is 12.1 Å². The molecular formula is C15H12BrN3. The summed E-state index contributed by atoms with van der Waals surface area (Å²) in [5, 5.41) is 5.61. The zero-order valence-corrected chi connectivity index (χ0v) is 12.0. The molecule has 3 nitrogen and oxygen atoms in total. The second-order valence-corrected chi connectivity index (χ2v) is 5.20. The van der Waals surface area contributed by atoms with E-state index in [0.717, 1.165) is 32.3 Å². The first kappa shape index (κ1) is 12.1. The van der Waals surface area contributed by atoms with E-state index in [1.165, 1.54) is 0 Å². The largest absolute Gasteiger partial charge is 0.340 e. The van der Waals surface area contributed by atoms with E-state index in [1.807, 2.05) is 49.6 Å². The topological polar surface area (TPSA) is 37.8 Å². The quantitative estimate of drug-likeness (QED) is 0.759. The minimum Gasteiger partial charge on any atom is -0.340 e. The minimum absolute atomic E-state index is 0.838. The number of aryl methyl sites for hydroxylation is 1. The van der Waals surface area contributed by atoms with Gasteiger partial charge in [-0.25, -0.2) is 4.98 Å². The summed E-state index contributed by atoms with van der Waals surface area (Å²) in [4.78, 5) is 8.50. The average Bonchev–Trinajstić information content (AvgIpc) is 2.43. The molecule has 19 heavy (non-hydrogen) atoms. The number of hydrogen-bond acceptors (Lipinski definition) is 3. The molecule has 2 heterocycles. The maximum Gasteiger partial charge on any atom is 0.130 e. The number of fused-ring (bicyclic) bond motifs is 1. The molecule has 1 N–H and O–H groups in total. The van der Waals surface area contributed by atoms with Gasteiger partial charge in [0.15, 0.2) is 0 Å². The van der Waals surface area contributed by atoms with Gasteiger partial charge < -0.3 is 5.32 Å². The van der Waals surface area contributed by atoms with E-state index in [2.05, 4.69) is 31.2 Å². The lowest BCUT2D eigenvalue weighted by atomic mass is 10.1. The Morgan fingerprint density at radius 1 is 1.16 bits per heavy atom. The Morgan fingerprint density at radius 3 is 2.89 bits per heavy atom. The third kappa shape index (κ3) is 2.44. The van der Waals surface area contributed by atoms with Crippen LogP contribution >= 0.6 is 15.9 Å². The smallest absolute Gasteiger partial charge is 0.130 e. The van der Waals surface area contributed by atoms with E-state index in [4.69, 9.17) is 0 Å². The molecule has 0 amide bonds. The highest BCUT2D eigenvalue weighted by Gasteiger charge is 2.03. The Balaban J connectivity index is 2.03. The third-order valence-electron chi connectivity index (χ3n) is 2.99. The Kier molecular flexibility index (Phi) is 3.17. The van der Waals surface area contributed by atoms with Gasteiger partial charge in [0.2, 0.25) is 0 Å². The Morgan fingerprint density at radius 2 is 2.05 bits per heavy atom. The number of pyridine rings is 2. The number of nitrogens with zero attached hydrogens (tertiary/aromatic N) is 2. The predicted molar refractivity (Wildman–Crippen MR) is 81.7 cm³/mol. The maximum atomic E-state index is 4.37. The van der Waals surface area contributed by atoms with Gasteiger partial charge in [0.25, 0.3) is 0 Å². The molecule has 0 aliphatic heterocycles. The van der Waals surface area contributed by atoms with Crippen molar-refractivity contribution in [3.05, 3.63) is 59.0 Å². The molecule has 0 aliphatic rings. The molecule has 0 aliphatic carbocycles. The number of rotatable bonds is 2. The highest BCUT2D eigenvalue weighted by atomic mass is 79.9. The van der Waals surface area contributed by atoms with Crippen molar-refractivity contribution in [1.82, 2.24) is 9.97 Å². The van der Waals surface area contributed by atoms with E-state index in [1.54, 1.807) is 6.20 Å². The third-order valence-corrected chi connectivity index (χ3v) is 3.82. The van der Waals surface area contributed by atoms with Crippen LogP contribution in [-0.4, -0.2) is 9.97 Å². The normalized spacial score (nSPS) is 10.6. The molecule has 0 saturated heterocycles. The molecule has 3 rings (SSSR count). The first-order valence-corrected chi connectivity index (χ1v) is 6.75. The fourth-order valence-electron chi connectivity index (χ4n) is 1.98. The SMILES string of the molecule is Cc1cc(Nc2cccc3cnccc23)ncc1Br. The van der Waals surface area contributed by atoms with Crippen molar-refractivity contribution < 1.29 is 0 Å². The molecule has 0 radical (unpaired) electrons. The fraction of sp³-hybridized carbons (Fsp3) is 0.0667. The molecule has 0 unspecified atom stereocenters. The number of halogens is 1. The van der Waals surface area contributed by atoms with Crippen molar-refractivity contribution >= 4 is 38.2 Å². The molecule has 0 saturated carbocycles. The van der Waals surface area contributed by atoms with Crippen molar-refractivity contribution in [3.63, 3.8) is 0 Å². The van der Waals surface area contributed by atoms with Crippen LogP contribution in [0, 0.1) is 6.92 Å². The molecule has 2 aromatic heterocycles. The molecule has 94 valence electrons. The van der Waals surface area contributed by atoms with Gasteiger partial charge in [0, 0.05) is 39.5 Å². The van der Waals surface area contributed by atoms with Crippen molar-refractivity contribution in [3.8, 4) is 0 Å². The van der Waals surface area contributed by atoms with Crippen LogP contribution in [0.25, 0.3) is 10.8 Å². The Bertz CT molecular complexity index is 735. The van der Waals surface area contributed by atoms with Gasteiger partial charge in [-0.3, -0.25) is 4.98 Å². The Hall–Kier alpha value is -1.94. The monoisotopic (exact) mass is 313 g/mol. The van der Waals surface area contributed by atoms with Crippen LogP contribution in [0.3, 0.4) is 0 Å². The van der Waals surface area contributed by atoms with Crippen molar-refractivity contribution in [2.45, 2.75) is 6.92 Å². The number of anilines is 2. The second-order valence-electron chi connectivity index (χ2n) is 4.35. The zero-order chi connectivity index (χ0) is 13.2. The maximum absolute atomic E-state index is 4.37. The molecule has 0 bridgehead atoms. The standard InChI is InChI=1S/C15H12BrN3/c1-10-7-15(18-9-13(10)16)19-14-4-2-3-11-8-17-6-5-12(11)14/h2-9H,1H3,(H,18,19). The Labute approximate surface area is 119 Å². The summed E-state index contributed by atoms with van der Waals surface area (Å²) >= 11 is 3.46. The van der Waals surface area contributed by atoms with Crippen LogP contribution in [-0.2, 0) is 0 Å². The lowest BCUT2D eigenvalue weighted by Gasteiger charge is -2.09. The number of aromatic nitrogens is 2. The molecular weight excluding hydrogens is 302 g/mol. The van der Waals surface area contributed by atoms with E-state index in [-0.39, 0.29) is 0 Å². The first-order chi connectivity index (χ1) is 9.24. The first-order valence-electron chi connectivity index (χ1n) is 5.96. The number of hydrogen-bond donors (Lipinski definition) is 1. The highest BCUT2D eigenvalue weighted by molar-refractivity contribution is 9.10. The molecule has 1 aromatic carbocycles. The van der Waals surface area contributed by atoms with Crippen LogP contribution in [0.4, 0.5) is 11.5 Å². The van der Waals surface area contributed by atoms with Crippen molar-refractivity contribution in [2.24, 2.45) is 0 Å². The van der Waals surface area contributed by atoms with Crippen LogP contribution in [0.15, 0.2) is 53.4 Å². The summed E-state index contributed by atoms with van der Waals surface area (Å²) in [7, 11) is 0. The van der Waals surface area contributed by atoms with Crippen LogP contribution in [0.5, 0.6) is 0 Å². The summed E-state index contributed by atoms with van der Waals surface area (Å²) in [6.45, 7) is 2.05. The highest BCUT2D eigenvalue weighted by Crippen LogP contribution is 2.26. The van der Waals surface area contributed by atoms with Gasteiger partial charge in [-0.15, -0.1) is 0 Å². The van der Waals surface area contributed by atoms with E-state index >= 15 is 0 Å². The van der Waals surface area contributed by atoms with Crippen LogP contribution < -0.4 is 5.32 Å². The average molecular weight is 314 g/mol. The van der Waals surface area contributed by atoms with Crippen LogP contribution in [0.2, 0.25) is 0 Å². The molecule has 3 aromatic rings. The van der Waals surface area contributed by atoms with Gasteiger partial charge in [-0.2, -0.15) is 0 Å². The van der Waals surface area contributed by atoms with Gasteiger partial charge in [-0.05, 0) is 46.6 Å². The zero-order valence-electron chi connectivity index (χ0n) is 10.4. The van der Waals surface area contributed by atoms with Gasteiger partial charge in [0.05, 0.1) is 0 Å². The van der Waals surface area contributed by atoms with Crippen LogP contribution in [0.1, 0.15) is 5.56 Å². The minimum atomic E-state index is 0.838. The summed E-state index contributed by atoms with van der Waals surface area (Å²) in [5.74, 6) is 0.838. The van der Waals surface area contributed by atoms with E-state index < -0.39 is 0 Å². The lowest BCUT2D eigenvalue weighted by Crippen LogP contribution is -1.95. The van der Waals surface area contributed by atoms with E-state index in [9.17, 15) is 0 Å². The lowest BCUT2D eigenvalue weighted by molar-refractivity contribution is 1.25. The number of nitrogens with one attached hydrogen (secondary N) is 1. The molecule has 0 fully saturated rings. The molecule has 0 spiro atoms. The predicted octanol–water partition coefficient (Wildman–Crippen LogP) is 4.44. The second kappa shape index (κ2) is 4.97. The summed E-state index contributed by atoms with van der Waals surface area (Å²) in [6, 6.07) is 10.1. The molecule has 4 heteroatoms. The van der Waals surface area contributed by atoms with Crippen molar-refractivity contribution in [2.75, 3.05) is 5.32 Å². The van der Waals surface area contributed by atoms with Gasteiger partial charge in [0.1, 0.15) is 5.82 Å². The summed E-state index contributed by atoms with van der Waals surface area (Å²) in [6.07, 6.45) is 5.47. The molecule has 0 atom stereocenters. The summed E-state index contributed by atoms with van der Waals surface area (Å²) in [5.41, 5.74) is 2.19. The van der Waals surface area contributed by atoms with E-state index in [0.29, 0.717) is 0 Å². The summed E-state index contributed by atoms with van der Waals surface area (Å²) < 4.78 is 1.01. The van der Waals surface area contributed by atoms with Gasteiger partial charge >= 0.3 is 0 Å². The number of benzene rings is 1. The fourth-order valence-corrected chi connectivity index (χ4v) is 2.19.